The molecule has 11 aromatic rings. The van der Waals surface area contributed by atoms with Gasteiger partial charge in [-0.1, -0.05) is 145 Å². The molecule has 0 fully saturated rings. The van der Waals surface area contributed by atoms with Crippen molar-refractivity contribution in [2.24, 2.45) is 0 Å². The predicted octanol–water partition coefficient (Wildman–Crippen LogP) is 13.2. The molecule has 0 aliphatic rings. The molecule has 0 atom stereocenters. The van der Waals surface area contributed by atoms with Crippen LogP contribution < -0.4 is 0 Å². The van der Waals surface area contributed by atoms with Crippen molar-refractivity contribution in [3.63, 3.8) is 0 Å². The van der Waals surface area contributed by atoms with Gasteiger partial charge in [0.2, 0.25) is 0 Å². The first-order chi connectivity index (χ1) is 30.5. The molecule has 11 rings (SSSR count). The zero-order chi connectivity index (χ0) is 43.4. The van der Waals surface area contributed by atoms with Gasteiger partial charge in [0, 0.05) is 43.6 Å². The number of para-hydroxylation sites is 1. The van der Waals surface area contributed by atoms with Crippen LogP contribution in [0.15, 0.2) is 185 Å². The van der Waals surface area contributed by atoms with Crippen LogP contribution in [0.25, 0.3) is 111 Å². The number of furan rings is 2. The summed E-state index contributed by atoms with van der Waals surface area (Å²) in [6, 6.07) is 34.6. The Balaban J connectivity index is 1.21. The molecule has 0 radical (unpaired) electrons. The second kappa shape index (κ2) is 12.1. The molecule has 0 saturated heterocycles. The Bertz CT molecular complexity index is 3720. The molecular weight excluding hydrogens is 663 g/mol. The second-order valence-electron chi connectivity index (χ2n) is 12.9. The largest absolute Gasteiger partial charge is 0.456 e. The van der Waals surface area contributed by atoms with E-state index in [1.807, 2.05) is 115 Å². The van der Waals surface area contributed by atoms with E-state index in [2.05, 4.69) is 6.07 Å². The third kappa shape index (κ3) is 4.90. The van der Waals surface area contributed by atoms with Crippen LogP contribution in [0.5, 0.6) is 0 Å². The quantitative estimate of drug-likeness (QED) is 0.179. The Labute approximate surface area is 322 Å². The zero-order valence-electron chi connectivity index (χ0n) is 37.2. The van der Waals surface area contributed by atoms with Crippen LogP contribution in [0.3, 0.4) is 0 Å². The van der Waals surface area contributed by atoms with Crippen LogP contribution >= 0.6 is 0 Å². The Hall–Kier alpha value is -7.37. The summed E-state index contributed by atoms with van der Waals surface area (Å²) < 4.78 is 92.3. The van der Waals surface area contributed by atoms with E-state index in [1.165, 1.54) is 0 Å². The number of nitrogens with zero attached hydrogens (tertiary/aromatic N) is 3. The molecule has 0 spiro atoms. The molecule has 0 aliphatic heterocycles. The normalized spacial score (nSPS) is 14.0. The highest BCUT2D eigenvalue weighted by Gasteiger charge is 2.20. The van der Waals surface area contributed by atoms with Crippen molar-refractivity contribution in [2.45, 2.75) is 0 Å². The molecular formula is C49H29N3O2. The Kier molecular flexibility index (Phi) is 5.06. The number of rotatable bonds is 5. The molecule has 5 heteroatoms. The number of fused-ring (bicyclic) bond motifs is 8. The first kappa shape index (κ1) is 22.5. The Morgan fingerprint density at radius 3 is 1.81 bits per heavy atom. The highest BCUT2D eigenvalue weighted by atomic mass is 16.3. The van der Waals surface area contributed by atoms with Crippen LogP contribution in [0, 0.1) is 0 Å². The lowest BCUT2D eigenvalue weighted by molar-refractivity contribution is 0.669. The van der Waals surface area contributed by atoms with E-state index < -0.39 is 48.3 Å². The Morgan fingerprint density at radius 2 is 1.02 bits per heavy atom. The van der Waals surface area contributed by atoms with Crippen molar-refractivity contribution in [2.75, 3.05) is 0 Å². The van der Waals surface area contributed by atoms with E-state index in [0.29, 0.717) is 22.3 Å². The minimum atomic E-state index is -0.567. The van der Waals surface area contributed by atoms with Gasteiger partial charge in [-0.25, -0.2) is 15.0 Å². The van der Waals surface area contributed by atoms with Gasteiger partial charge in [-0.2, -0.15) is 0 Å². The van der Waals surface area contributed by atoms with Crippen molar-refractivity contribution in [1.82, 2.24) is 15.0 Å². The first-order valence-corrected chi connectivity index (χ1v) is 17.3. The zero-order valence-corrected chi connectivity index (χ0v) is 28.2. The van der Waals surface area contributed by atoms with Crippen molar-refractivity contribution in [1.29, 1.82) is 0 Å². The van der Waals surface area contributed by atoms with Crippen LogP contribution in [-0.4, -0.2) is 15.0 Å². The lowest BCUT2D eigenvalue weighted by Crippen LogP contribution is -2.00. The number of aromatic nitrogens is 3. The van der Waals surface area contributed by atoms with Gasteiger partial charge in [-0.15, -0.1) is 0 Å². The molecule has 0 saturated carbocycles. The second-order valence-corrected chi connectivity index (χ2v) is 12.9. The standard InChI is InChI=1S/C49H29N3O2/c1-3-12-30(13-4-1)31-22-24-33(25-23-31)47-50-48(34-26-27-39-44(28-34)53-43-21-11-19-35(45(39)43)32-14-5-2-6-15-32)52-49(51-47)41-29-40-37-17-9-10-20-42(37)54-46(40)38-18-8-7-16-36(38)41/h1-29H/i7D,8D,9D,10D,16D,17D,18D,20D,29D. The molecule has 3 aromatic heterocycles. The van der Waals surface area contributed by atoms with Crippen molar-refractivity contribution >= 4 is 54.6 Å². The molecule has 5 nitrogen and oxygen atoms in total. The van der Waals surface area contributed by atoms with E-state index in [0.717, 1.165) is 33.0 Å². The summed E-state index contributed by atoms with van der Waals surface area (Å²) in [6.07, 6.45) is 0. The maximum absolute atomic E-state index is 9.79. The third-order valence-corrected chi connectivity index (χ3v) is 9.70. The fraction of sp³-hybridized carbons (Fsp3) is 0. The van der Waals surface area contributed by atoms with Gasteiger partial charge in [-0.05, 0) is 57.9 Å². The Morgan fingerprint density at radius 1 is 0.389 bits per heavy atom. The van der Waals surface area contributed by atoms with Gasteiger partial charge >= 0.3 is 0 Å². The van der Waals surface area contributed by atoms with E-state index in [9.17, 15) is 2.74 Å². The average molecular weight is 701 g/mol. The summed E-state index contributed by atoms with van der Waals surface area (Å²) in [5, 5.41) is 1.40. The molecule has 0 unspecified atom stereocenters. The number of benzene rings is 8. The molecule has 252 valence electrons. The summed E-state index contributed by atoms with van der Waals surface area (Å²) >= 11 is 0. The maximum Gasteiger partial charge on any atom is 0.164 e. The highest BCUT2D eigenvalue weighted by molar-refractivity contribution is 6.19. The van der Waals surface area contributed by atoms with Crippen molar-refractivity contribution < 1.29 is 21.2 Å². The minimum Gasteiger partial charge on any atom is -0.456 e. The number of hydrogen-bond acceptors (Lipinski definition) is 5. The van der Waals surface area contributed by atoms with Crippen LogP contribution in [0.4, 0.5) is 0 Å². The molecule has 0 aliphatic carbocycles. The van der Waals surface area contributed by atoms with Gasteiger partial charge in [0.1, 0.15) is 22.3 Å². The lowest BCUT2D eigenvalue weighted by atomic mass is 9.99. The summed E-state index contributed by atoms with van der Waals surface area (Å²) in [5.41, 5.74) is 5.88. The highest BCUT2D eigenvalue weighted by Crippen LogP contribution is 2.41. The van der Waals surface area contributed by atoms with E-state index in [4.69, 9.17) is 33.4 Å². The molecule has 0 amide bonds. The van der Waals surface area contributed by atoms with Gasteiger partial charge < -0.3 is 8.83 Å². The average Bonchev–Trinajstić information content (AvgIpc) is 3.91. The van der Waals surface area contributed by atoms with E-state index >= 15 is 0 Å². The third-order valence-electron chi connectivity index (χ3n) is 9.70. The van der Waals surface area contributed by atoms with Crippen molar-refractivity contribution in [3.05, 3.63) is 176 Å². The first-order valence-electron chi connectivity index (χ1n) is 21.8. The molecule has 8 aromatic carbocycles. The van der Waals surface area contributed by atoms with E-state index in [1.54, 1.807) is 0 Å². The SMILES string of the molecule is [2H]c1c([2H])c([2H])c2c(oc3c4c([2H])c([2H])c([2H])c([2H])c4c(-c4nc(-c5ccc(-c6ccccc6)cc5)nc(-c5ccc6c(c5)oc5cccc(-c7ccccc7)c56)n4)c([2H])c32)c1[2H]. The predicted molar refractivity (Wildman–Crippen MR) is 219 cm³/mol. The van der Waals surface area contributed by atoms with Crippen LogP contribution in [0.2, 0.25) is 0 Å². The fourth-order valence-corrected chi connectivity index (χ4v) is 7.15. The summed E-state index contributed by atoms with van der Waals surface area (Å²) in [4.78, 5) is 14.8. The van der Waals surface area contributed by atoms with Gasteiger partial charge in [-0.3, -0.25) is 0 Å². The molecule has 3 heterocycles. The lowest BCUT2D eigenvalue weighted by Gasteiger charge is -2.11. The molecule has 0 N–H and O–H groups in total. The van der Waals surface area contributed by atoms with E-state index in [-0.39, 0.29) is 61.8 Å². The fourth-order valence-electron chi connectivity index (χ4n) is 7.15. The monoisotopic (exact) mass is 700 g/mol. The summed E-state index contributed by atoms with van der Waals surface area (Å²) in [6.45, 7) is 0. The van der Waals surface area contributed by atoms with Crippen LogP contribution in [0.1, 0.15) is 12.3 Å². The maximum atomic E-state index is 9.79. The molecule has 54 heavy (non-hydrogen) atoms. The number of hydrogen-bond donors (Lipinski definition) is 0. The van der Waals surface area contributed by atoms with Gasteiger partial charge in [0.15, 0.2) is 17.5 Å². The summed E-state index contributed by atoms with van der Waals surface area (Å²) in [7, 11) is 0. The minimum absolute atomic E-state index is 0.0711. The summed E-state index contributed by atoms with van der Waals surface area (Å²) in [5.74, 6) is 0.286. The smallest absolute Gasteiger partial charge is 0.164 e. The topological polar surface area (TPSA) is 65.0 Å². The molecule has 0 bridgehead atoms. The van der Waals surface area contributed by atoms with Gasteiger partial charge in [0.05, 0.1) is 12.3 Å². The van der Waals surface area contributed by atoms with Crippen molar-refractivity contribution in [3.8, 4) is 56.4 Å². The van der Waals surface area contributed by atoms with Gasteiger partial charge in [0.25, 0.3) is 0 Å². The van der Waals surface area contributed by atoms with Crippen LogP contribution in [-0.2, 0) is 0 Å².